The first-order valence-corrected chi connectivity index (χ1v) is 7.56. The molecule has 6 heteroatoms. The third-order valence-corrected chi connectivity index (χ3v) is 3.98. The molecule has 0 bridgehead atoms. The largest absolute Gasteiger partial charge is 0.464 e. The molecule has 20 heavy (non-hydrogen) atoms. The van der Waals surface area contributed by atoms with E-state index in [4.69, 9.17) is 4.74 Å². The topological polar surface area (TPSA) is 61.9 Å². The first-order valence-electron chi connectivity index (χ1n) is 7.56. The van der Waals surface area contributed by atoms with E-state index in [0.717, 1.165) is 26.1 Å². The van der Waals surface area contributed by atoms with Crippen LogP contribution < -0.4 is 5.32 Å². The summed E-state index contributed by atoms with van der Waals surface area (Å²) in [6.07, 6.45) is 2.22. The van der Waals surface area contributed by atoms with Crippen molar-refractivity contribution >= 4 is 12.0 Å². The Labute approximate surface area is 120 Å². The van der Waals surface area contributed by atoms with Crippen LogP contribution in [0.5, 0.6) is 0 Å². The van der Waals surface area contributed by atoms with Crippen LogP contribution in [0.4, 0.5) is 4.79 Å². The van der Waals surface area contributed by atoms with E-state index in [2.05, 4.69) is 12.2 Å². The Hall–Kier alpha value is -1.30. The first kappa shape index (κ1) is 15.1. The van der Waals surface area contributed by atoms with Crippen molar-refractivity contribution in [2.75, 3.05) is 39.3 Å². The molecule has 6 nitrogen and oxygen atoms in total. The summed E-state index contributed by atoms with van der Waals surface area (Å²) in [6, 6.07) is -0.510. The predicted molar refractivity (Wildman–Crippen MR) is 75.4 cm³/mol. The lowest BCUT2D eigenvalue weighted by Crippen LogP contribution is -2.61. The van der Waals surface area contributed by atoms with Crippen LogP contribution in [0, 0.1) is 5.92 Å². The predicted octanol–water partition coefficient (Wildman–Crippen LogP) is 0.675. The average Bonchev–Trinajstić information content (AvgIpc) is 2.47. The Balaban J connectivity index is 2.03. The zero-order valence-corrected chi connectivity index (χ0v) is 12.4. The third-order valence-electron chi connectivity index (χ3n) is 3.98. The van der Waals surface area contributed by atoms with Gasteiger partial charge in [-0.05, 0) is 25.7 Å². The normalized spacial score (nSPS) is 27.3. The molecule has 0 radical (unpaired) electrons. The van der Waals surface area contributed by atoms with Gasteiger partial charge in [-0.1, -0.05) is 6.92 Å². The fourth-order valence-electron chi connectivity index (χ4n) is 2.93. The summed E-state index contributed by atoms with van der Waals surface area (Å²) in [7, 11) is 0. The number of rotatable bonds is 2. The molecule has 2 unspecified atom stereocenters. The minimum Gasteiger partial charge on any atom is -0.464 e. The highest BCUT2D eigenvalue weighted by Crippen LogP contribution is 2.18. The summed E-state index contributed by atoms with van der Waals surface area (Å²) >= 11 is 0. The molecule has 114 valence electrons. The van der Waals surface area contributed by atoms with E-state index in [9.17, 15) is 9.59 Å². The summed E-state index contributed by atoms with van der Waals surface area (Å²) in [5.41, 5.74) is 0. The highest BCUT2D eigenvalue weighted by molar-refractivity contribution is 5.84. The number of urea groups is 1. The Morgan fingerprint density at radius 2 is 2.15 bits per heavy atom. The molecule has 2 saturated heterocycles. The van der Waals surface area contributed by atoms with Crippen molar-refractivity contribution in [2.24, 2.45) is 5.92 Å². The van der Waals surface area contributed by atoms with E-state index in [1.54, 1.807) is 11.8 Å². The van der Waals surface area contributed by atoms with E-state index >= 15 is 0 Å². The third kappa shape index (κ3) is 3.42. The molecule has 2 fully saturated rings. The molecule has 1 N–H and O–H groups in total. The van der Waals surface area contributed by atoms with Gasteiger partial charge in [0.25, 0.3) is 0 Å². The molecule has 0 saturated carbocycles. The molecule has 0 aromatic heterocycles. The summed E-state index contributed by atoms with van der Waals surface area (Å²) in [5, 5.41) is 3.16. The van der Waals surface area contributed by atoms with Gasteiger partial charge < -0.3 is 19.9 Å². The lowest BCUT2D eigenvalue weighted by molar-refractivity contribution is -0.149. The van der Waals surface area contributed by atoms with Gasteiger partial charge in [-0.3, -0.25) is 0 Å². The van der Waals surface area contributed by atoms with Gasteiger partial charge in [0.15, 0.2) is 0 Å². The van der Waals surface area contributed by atoms with Crippen LogP contribution in [0.15, 0.2) is 0 Å². The quantitative estimate of drug-likeness (QED) is 0.757. The van der Waals surface area contributed by atoms with Crippen molar-refractivity contribution in [2.45, 2.75) is 32.7 Å². The number of ether oxygens (including phenoxy) is 1. The number of amides is 2. The number of carbonyl (C=O) groups excluding carboxylic acids is 2. The Kier molecular flexibility index (Phi) is 5.23. The molecular weight excluding hydrogens is 258 g/mol. The van der Waals surface area contributed by atoms with Gasteiger partial charge in [0.2, 0.25) is 0 Å². The monoisotopic (exact) mass is 283 g/mol. The molecule has 2 heterocycles. The number of piperidine rings is 1. The maximum absolute atomic E-state index is 12.6. The van der Waals surface area contributed by atoms with E-state index in [1.165, 1.54) is 6.42 Å². The van der Waals surface area contributed by atoms with Crippen molar-refractivity contribution in [1.29, 1.82) is 0 Å². The molecule has 2 atom stereocenters. The van der Waals surface area contributed by atoms with E-state index in [1.807, 2.05) is 4.90 Å². The fraction of sp³-hybridized carbons (Fsp3) is 0.857. The lowest BCUT2D eigenvalue weighted by Gasteiger charge is -2.40. The molecular formula is C14H25N3O3. The van der Waals surface area contributed by atoms with Crippen LogP contribution in [-0.4, -0.2) is 67.2 Å². The van der Waals surface area contributed by atoms with Crippen LogP contribution >= 0.6 is 0 Å². The van der Waals surface area contributed by atoms with Crippen LogP contribution in [0.25, 0.3) is 0 Å². The van der Waals surface area contributed by atoms with Crippen molar-refractivity contribution < 1.29 is 14.3 Å². The minimum atomic E-state index is -0.492. The number of carbonyl (C=O) groups is 2. The van der Waals surface area contributed by atoms with Gasteiger partial charge in [-0.15, -0.1) is 0 Å². The average molecular weight is 283 g/mol. The molecule has 0 aliphatic carbocycles. The first-order chi connectivity index (χ1) is 9.63. The smallest absolute Gasteiger partial charge is 0.330 e. The minimum absolute atomic E-state index is 0.0175. The SMILES string of the molecule is CCOC(=O)C1CNCCN1C(=O)N1CCCC(C)C1. The molecule has 0 aromatic rings. The van der Waals surface area contributed by atoms with Gasteiger partial charge in [0.1, 0.15) is 6.04 Å². The number of esters is 1. The highest BCUT2D eigenvalue weighted by atomic mass is 16.5. The number of nitrogens with one attached hydrogen (secondary N) is 1. The summed E-state index contributed by atoms with van der Waals surface area (Å²) < 4.78 is 5.08. The summed E-state index contributed by atoms with van der Waals surface area (Å²) in [6.45, 7) is 7.65. The number of hydrogen-bond donors (Lipinski definition) is 1. The summed E-state index contributed by atoms with van der Waals surface area (Å²) in [5.74, 6) is 0.231. The van der Waals surface area contributed by atoms with Crippen molar-refractivity contribution in [1.82, 2.24) is 15.1 Å². The number of nitrogens with zero attached hydrogens (tertiary/aromatic N) is 2. The maximum atomic E-state index is 12.6. The van der Waals surface area contributed by atoms with E-state index in [0.29, 0.717) is 25.6 Å². The van der Waals surface area contributed by atoms with Crippen LogP contribution in [0.3, 0.4) is 0 Å². The molecule has 2 aliphatic rings. The molecule has 0 aromatic carbocycles. The fourth-order valence-corrected chi connectivity index (χ4v) is 2.93. The zero-order chi connectivity index (χ0) is 14.5. The van der Waals surface area contributed by atoms with Crippen LogP contribution in [0.2, 0.25) is 0 Å². The molecule has 2 rings (SSSR count). The second-order valence-electron chi connectivity index (χ2n) is 5.64. The standard InChI is InChI=1S/C14H25N3O3/c1-3-20-13(18)12-9-15-6-8-17(12)14(19)16-7-4-5-11(2)10-16/h11-12,15H,3-10H2,1-2H3. The van der Waals surface area contributed by atoms with Gasteiger partial charge in [0.05, 0.1) is 6.61 Å². The van der Waals surface area contributed by atoms with Crippen LogP contribution in [0.1, 0.15) is 26.7 Å². The van der Waals surface area contributed by atoms with Gasteiger partial charge in [0, 0.05) is 32.7 Å². The van der Waals surface area contributed by atoms with Gasteiger partial charge in [-0.25, -0.2) is 9.59 Å². The second kappa shape index (κ2) is 6.92. The van der Waals surface area contributed by atoms with E-state index < -0.39 is 6.04 Å². The van der Waals surface area contributed by atoms with Crippen molar-refractivity contribution in [3.63, 3.8) is 0 Å². The Morgan fingerprint density at radius 1 is 1.35 bits per heavy atom. The molecule has 2 aliphatic heterocycles. The highest BCUT2D eigenvalue weighted by Gasteiger charge is 2.36. The van der Waals surface area contributed by atoms with Crippen molar-refractivity contribution in [3.05, 3.63) is 0 Å². The summed E-state index contributed by atoms with van der Waals surface area (Å²) in [4.78, 5) is 28.2. The number of piperazine rings is 1. The maximum Gasteiger partial charge on any atom is 0.330 e. The van der Waals surface area contributed by atoms with Crippen LogP contribution in [-0.2, 0) is 9.53 Å². The number of likely N-dealkylation sites (tertiary alicyclic amines) is 1. The molecule has 2 amide bonds. The molecule has 0 spiro atoms. The van der Waals surface area contributed by atoms with Gasteiger partial charge >= 0.3 is 12.0 Å². The van der Waals surface area contributed by atoms with E-state index in [-0.39, 0.29) is 12.0 Å². The van der Waals surface area contributed by atoms with Crippen molar-refractivity contribution in [3.8, 4) is 0 Å². The number of hydrogen-bond acceptors (Lipinski definition) is 4. The Morgan fingerprint density at radius 3 is 2.85 bits per heavy atom. The van der Waals surface area contributed by atoms with Gasteiger partial charge in [-0.2, -0.15) is 0 Å². The lowest BCUT2D eigenvalue weighted by atomic mass is 10.0. The Bertz CT molecular complexity index is 362. The zero-order valence-electron chi connectivity index (χ0n) is 12.4. The second-order valence-corrected chi connectivity index (χ2v) is 5.64.